The van der Waals surface area contributed by atoms with Crippen molar-refractivity contribution in [2.24, 2.45) is 0 Å². The second kappa shape index (κ2) is 7.26. The minimum Gasteiger partial charge on any atom is -0.330 e. The van der Waals surface area contributed by atoms with Gasteiger partial charge in [0, 0.05) is 24.0 Å². The summed E-state index contributed by atoms with van der Waals surface area (Å²) in [7, 11) is 0. The Morgan fingerprint density at radius 2 is 1.92 bits per heavy atom. The zero-order valence-electron chi connectivity index (χ0n) is 14.2. The first-order valence-electron chi connectivity index (χ1n) is 8.65. The van der Waals surface area contributed by atoms with Crippen molar-refractivity contribution in [3.8, 4) is 11.1 Å². The molecule has 4 rings (SSSR count). The van der Waals surface area contributed by atoms with Crippen molar-refractivity contribution in [1.29, 1.82) is 0 Å². The Balaban J connectivity index is 1.57. The number of aromatic nitrogens is 2. The van der Waals surface area contributed by atoms with E-state index >= 15 is 0 Å². The third kappa shape index (κ3) is 3.33. The topological polar surface area (TPSA) is 46.1 Å². The molecule has 1 aliphatic rings. The highest BCUT2D eigenvalue weighted by molar-refractivity contribution is 6.30. The lowest BCUT2D eigenvalue weighted by Crippen LogP contribution is -2.31. The summed E-state index contributed by atoms with van der Waals surface area (Å²) in [6.45, 7) is 0.746. The van der Waals surface area contributed by atoms with Crippen LogP contribution < -0.4 is 0 Å². The molecule has 1 saturated heterocycles. The minimum atomic E-state index is -0.0560. The summed E-state index contributed by atoms with van der Waals surface area (Å²) < 4.78 is 0. The van der Waals surface area contributed by atoms with Crippen LogP contribution in [-0.2, 0) is 0 Å². The third-order valence-corrected chi connectivity index (χ3v) is 4.98. The third-order valence-electron chi connectivity index (χ3n) is 4.75. The van der Waals surface area contributed by atoms with Crippen LogP contribution >= 0.6 is 11.6 Å². The number of amides is 1. The first-order chi connectivity index (χ1) is 12.7. The summed E-state index contributed by atoms with van der Waals surface area (Å²) in [5.74, 6) is -0.0560. The number of rotatable bonds is 3. The Labute approximate surface area is 157 Å². The largest absolute Gasteiger partial charge is 0.330 e. The Morgan fingerprint density at radius 3 is 2.65 bits per heavy atom. The number of hydrogen-bond donors (Lipinski definition) is 0. The Bertz CT molecular complexity index is 912. The zero-order valence-corrected chi connectivity index (χ0v) is 14.9. The molecule has 2 heterocycles. The average Bonchev–Trinajstić information content (AvgIpc) is 3.18. The molecule has 0 aliphatic carbocycles. The van der Waals surface area contributed by atoms with E-state index in [4.69, 9.17) is 11.6 Å². The summed E-state index contributed by atoms with van der Waals surface area (Å²) in [5, 5.41) is 0.725. The Kier molecular flexibility index (Phi) is 4.67. The first kappa shape index (κ1) is 16.7. The normalized spacial score (nSPS) is 16.7. The van der Waals surface area contributed by atoms with E-state index in [9.17, 15) is 4.79 Å². The lowest BCUT2D eigenvalue weighted by Gasteiger charge is -2.25. The van der Waals surface area contributed by atoms with Crippen molar-refractivity contribution in [3.63, 3.8) is 0 Å². The second-order valence-corrected chi connectivity index (χ2v) is 6.82. The molecule has 1 fully saturated rings. The van der Waals surface area contributed by atoms with Gasteiger partial charge < -0.3 is 4.90 Å². The van der Waals surface area contributed by atoms with Gasteiger partial charge in [0.1, 0.15) is 5.69 Å². The maximum atomic E-state index is 12.8. The van der Waals surface area contributed by atoms with E-state index in [1.807, 2.05) is 29.2 Å². The van der Waals surface area contributed by atoms with Crippen LogP contribution in [0.5, 0.6) is 0 Å². The van der Waals surface area contributed by atoms with Crippen LogP contribution in [0.1, 0.15) is 34.9 Å². The number of carbonyl (C=O) groups is 1. The molecular weight excluding hydrogens is 346 g/mol. The standard InChI is InChI=1S/C21H18ClN3O/c22-18-4-1-3-17(13-18)15-6-8-16(9-7-15)20-5-2-12-25(20)21(26)19-14-23-10-11-24-19/h1,3-4,6-11,13-14,20H,2,5,12H2. The number of benzene rings is 2. The first-order valence-corrected chi connectivity index (χ1v) is 9.03. The highest BCUT2D eigenvalue weighted by Crippen LogP contribution is 2.34. The highest BCUT2D eigenvalue weighted by Gasteiger charge is 2.31. The number of nitrogens with zero attached hydrogens (tertiary/aromatic N) is 3. The summed E-state index contributed by atoms with van der Waals surface area (Å²) >= 11 is 6.09. The zero-order chi connectivity index (χ0) is 17.9. The van der Waals surface area contributed by atoms with E-state index in [-0.39, 0.29) is 11.9 Å². The molecule has 1 atom stereocenters. The van der Waals surface area contributed by atoms with Crippen molar-refractivity contribution >= 4 is 17.5 Å². The van der Waals surface area contributed by atoms with Gasteiger partial charge in [-0.05, 0) is 41.7 Å². The molecule has 0 N–H and O–H groups in total. The number of hydrogen-bond acceptors (Lipinski definition) is 3. The van der Waals surface area contributed by atoms with Gasteiger partial charge in [-0.3, -0.25) is 9.78 Å². The average molecular weight is 364 g/mol. The molecule has 1 aliphatic heterocycles. The van der Waals surface area contributed by atoms with E-state index in [2.05, 4.69) is 34.2 Å². The fourth-order valence-corrected chi connectivity index (χ4v) is 3.67. The summed E-state index contributed by atoms with van der Waals surface area (Å²) in [4.78, 5) is 22.8. The van der Waals surface area contributed by atoms with Crippen molar-refractivity contribution < 1.29 is 4.79 Å². The van der Waals surface area contributed by atoms with Crippen LogP contribution in [0, 0.1) is 0 Å². The molecule has 1 unspecified atom stereocenters. The van der Waals surface area contributed by atoms with Crippen molar-refractivity contribution in [3.05, 3.63) is 83.4 Å². The van der Waals surface area contributed by atoms with E-state index in [0.29, 0.717) is 5.69 Å². The highest BCUT2D eigenvalue weighted by atomic mass is 35.5. The quantitative estimate of drug-likeness (QED) is 0.673. The minimum absolute atomic E-state index is 0.0560. The molecule has 4 nitrogen and oxygen atoms in total. The van der Waals surface area contributed by atoms with E-state index < -0.39 is 0 Å². The predicted molar refractivity (Wildman–Crippen MR) is 102 cm³/mol. The molecule has 3 aromatic rings. The molecule has 0 radical (unpaired) electrons. The van der Waals surface area contributed by atoms with Gasteiger partial charge in [-0.1, -0.05) is 48.0 Å². The van der Waals surface area contributed by atoms with Gasteiger partial charge in [0.15, 0.2) is 0 Å². The summed E-state index contributed by atoms with van der Waals surface area (Å²) in [6, 6.07) is 16.3. The summed E-state index contributed by atoms with van der Waals surface area (Å²) in [6.07, 6.45) is 6.61. The molecule has 130 valence electrons. The molecule has 26 heavy (non-hydrogen) atoms. The van der Waals surface area contributed by atoms with E-state index in [1.54, 1.807) is 12.4 Å². The van der Waals surface area contributed by atoms with Gasteiger partial charge in [-0.25, -0.2) is 4.98 Å². The van der Waals surface area contributed by atoms with Crippen LogP contribution in [0.4, 0.5) is 0 Å². The number of likely N-dealkylation sites (tertiary alicyclic amines) is 1. The van der Waals surface area contributed by atoms with Crippen LogP contribution in [0.2, 0.25) is 5.02 Å². The van der Waals surface area contributed by atoms with Gasteiger partial charge in [-0.2, -0.15) is 0 Å². The van der Waals surface area contributed by atoms with E-state index in [1.165, 1.54) is 6.20 Å². The van der Waals surface area contributed by atoms with Crippen molar-refractivity contribution in [1.82, 2.24) is 14.9 Å². The van der Waals surface area contributed by atoms with Crippen LogP contribution in [0.3, 0.4) is 0 Å². The Morgan fingerprint density at radius 1 is 1.08 bits per heavy atom. The molecule has 1 amide bonds. The lowest BCUT2D eigenvalue weighted by atomic mass is 9.99. The maximum Gasteiger partial charge on any atom is 0.274 e. The van der Waals surface area contributed by atoms with Crippen LogP contribution in [0.15, 0.2) is 67.1 Å². The maximum absolute atomic E-state index is 12.8. The van der Waals surface area contributed by atoms with Crippen LogP contribution in [0.25, 0.3) is 11.1 Å². The van der Waals surface area contributed by atoms with Crippen molar-refractivity contribution in [2.75, 3.05) is 6.54 Å². The Hall–Kier alpha value is -2.72. The molecule has 0 saturated carbocycles. The summed E-state index contributed by atoms with van der Waals surface area (Å²) in [5.41, 5.74) is 3.74. The fraction of sp³-hybridized carbons (Fsp3) is 0.190. The lowest BCUT2D eigenvalue weighted by molar-refractivity contribution is 0.0729. The molecular formula is C21H18ClN3O. The molecule has 1 aromatic heterocycles. The SMILES string of the molecule is O=C(c1cnccn1)N1CCCC1c1ccc(-c2cccc(Cl)c2)cc1. The molecule has 0 bridgehead atoms. The number of carbonyl (C=O) groups excluding carboxylic acids is 1. The molecule has 2 aromatic carbocycles. The molecule has 5 heteroatoms. The second-order valence-electron chi connectivity index (χ2n) is 6.38. The van der Waals surface area contributed by atoms with Gasteiger partial charge in [0.05, 0.1) is 12.2 Å². The number of halogens is 1. The fourth-order valence-electron chi connectivity index (χ4n) is 3.48. The smallest absolute Gasteiger partial charge is 0.274 e. The van der Waals surface area contributed by atoms with E-state index in [0.717, 1.165) is 41.1 Å². The van der Waals surface area contributed by atoms with Gasteiger partial charge >= 0.3 is 0 Å². The van der Waals surface area contributed by atoms with Gasteiger partial charge in [0.25, 0.3) is 5.91 Å². The molecule has 0 spiro atoms. The van der Waals surface area contributed by atoms with Crippen LogP contribution in [-0.4, -0.2) is 27.3 Å². The predicted octanol–water partition coefficient (Wildman–Crippen LogP) is 4.77. The van der Waals surface area contributed by atoms with Crippen molar-refractivity contribution in [2.45, 2.75) is 18.9 Å². The van der Waals surface area contributed by atoms with Gasteiger partial charge in [0.2, 0.25) is 0 Å². The monoisotopic (exact) mass is 363 g/mol. The van der Waals surface area contributed by atoms with Gasteiger partial charge in [-0.15, -0.1) is 0 Å².